The minimum atomic E-state index is -0.143. The third-order valence-corrected chi connectivity index (χ3v) is 22.2. The molecule has 4 aliphatic carbocycles. The molecule has 0 fully saturated rings. The first kappa shape index (κ1) is 62.9. The largest absolute Gasteiger partial charge is 0.356 e. The third-order valence-electron chi connectivity index (χ3n) is 21.7. The van der Waals surface area contributed by atoms with Gasteiger partial charge in [-0.1, -0.05) is 326 Å². The van der Waals surface area contributed by atoms with Crippen LogP contribution in [0.5, 0.6) is 0 Å². The van der Waals surface area contributed by atoms with E-state index < -0.39 is 0 Å². The van der Waals surface area contributed by atoms with Gasteiger partial charge in [-0.15, -0.1) is 0 Å². The monoisotopic (exact) mass is 1340 g/mol. The zero-order valence-corrected chi connectivity index (χ0v) is 59.1. The topological polar surface area (TPSA) is 15.3 Å². The Morgan fingerprint density at radius 3 is 1.02 bits per heavy atom. The second kappa shape index (κ2) is 24.9. The second-order valence-electron chi connectivity index (χ2n) is 29.0. The van der Waals surface area contributed by atoms with Crippen LogP contribution in [0.15, 0.2) is 332 Å². The smallest absolute Gasteiger partial charge is 0.0465 e. The van der Waals surface area contributed by atoms with Crippen molar-refractivity contribution in [3.63, 3.8) is 0 Å². The van der Waals surface area contributed by atoms with E-state index in [0.717, 1.165) is 21.5 Å². The molecule has 4 aliphatic rings. The molecular weight excluding hydrogens is 1260 g/mol. The molecule has 0 aliphatic heterocycles. The summed E-state index contributed by atoms with van der Waals surface area (Å²) in [6, 6.07) is 119. The molecule has 0 spiro atoms. The number of hydrogen-bond donors (Lipinski definition) is 1. The average molecular weight is 1340 g/mol. The summed E-state index contributed by atoms with van der Waals surface area (Å²) < 4.78 is 1.15. The minimum Gasteiger partial charge on any atom is -0.356 e. The minimum absolute atomic E-state index is 0.0286. The van der Waals surface area contributed by atoms with E-state index in [-0.39, 0.29) is 21.7 Å². The highest BCUT2D eigenvalue weighted by atomic mass is 79.9. The van der Waals surface area contributed by atoms with Crippen LogP contribution in [-0.2, 0) is 21.7 Å². The molecule has 99 heavy (non-hydrogen) atoms. The summed E-state index contributed by atoms with van der Waals surface area (Å²) in [6.45, 7) is 18.7. The van der Waals surface area contributed by atoms with Gasteiger partial charge in [0.25, 0.3) is 0 Å². The molecule has 0 heterocycles. The van der Waals surface area contributed by atoms with Gasteiger partial charge in [-0.05, 0) is 206 Å². The number of anilines is 5. The Morgan fingerprint density at radius 1 is 0.222 bits per heavy atom. The van der Waals surface area contributed by atoms with E-state index in [4.69, 9.17) is 0 Å². The Morgan fingerprint density at radius 2 is 0.535 bits per heavy atom. The van der Waals surface area contributed by atoms with Crippen LogP contribution in [0.1, 0.15) is 99.9 Å². The molecule has 0 bridgehead atoms. The lowest BCUT2D eigenvalue weighted by Crippen LogP contribution is -2.18. The maximum absolute atomic E-state index is 3.62. The summed E-state index contributed by atoms with van der Waals surface area (Å²) in [7, 11) is 0. The molecule has 3 heteroatoms. The highest BCUT2D eigenvalue weighted by Gasteiger charge is 2.41. The molecule has 480 valence electrons. The Bertz CT molecular complexity index is 5370. The average Bonchev–Trinajstić information content (AvgIpc) is 1.63. The zero-order chi connectivity index (χ0) is 67.8. The molecule has 0 unspecified atom stereocenters. The maximum atomic E-state index is 3.62. The molecule has 0 aromatic heterocycles. The fraction of sp³-hybridized carbons (Fsp3) is 0.125. The van der Waals surface area contributed by atoms with Gasteiger partial charge in [-0.2, -0.15) is 0 Å². The summed E-state index contributed by atoms with van der Waals surface area (Å²) in [4.78, 5) is 2.45. The summed E-state index contributed by atoms with van der Waals surface area (Å²) >= 11 is 3.62. The predicted molar refractivity (Wildman–Crippen MR) is 423 cm³/mol. The van der Waals surface area contributed by atoms with Gasteiger partial charge in [-0.3, -0.25) is 0 Å². The quantitative estimate of drug-likeness (QED) is 0.155. The Hall–Kier alpha value is -10.8. The summed E-state index contributed by atoms with van der Waals surface area (Å²) in [5.41, 5.74) is 37.6. The molecule has 0 atom stereocenters. The molecule has 0 saturated heterocycles. The van der Waals surface area contributed by atoms with Crippen LogP contribution in [0.3, 0.4) is 0 Å². The highest BCUT2D eigenvalue weighted by molar-refractivity contribution is 9.10. The Balaban J connectivity index is 0.000000128. The van der Waals surface area contributed by atoms with Gasteiger partial charge in [0, 0.05) is 54.6 Å². The lowest BCUT2D eigenvalue weighted by molar-refractivity contribution is 0.660. The van der Waals surface area contributed by atoms with Gasteiger partial charge in [0.1, 0.15) is 0 Å². The van der Waals surface area contributed by atoms with Crippen LogP contribution < -0.4 is 10.2 Å². The van der Waals surface area contributed by atoms with Crippen LogP contribution in [0.25, 0.3) is 89.0 Å². The van der Waals surface area contributed by atoms with Crippen molar-refractivity contribution in [2.24, 2.45) is 0 Å². The van der Waals surface area contributed by atoms with Gasteiger partial charge in [-0.25, -0.2) is 0 Å². The normalized spacial score (nSPS) is 14.2. The van der Waals surface area contributed by atoms with Crippen molar-refractivity contribution < 1.29 is 0 Å². The fourth-order valence-electron chi connectivity index (χ4n) is 16.4. The summed E-state index contributed by atoms with van der Waals surface area (Å²) in [5.74, 6) is 0. The lowest BCUT2D eigenvalue weighted by Gasteiger charge is -2.30. The van der Waals surface area contributed by atoms with Crippen molar-refractivity contribution in [2.45, 2.75) is 77.0 Å². The number of benzene rings is 14. The van der Waals surface area contributed by atoms with Crippen molar-refractivity contribution >= 4 is 44.4 Å². The van der Waals surface area contributed by atoms with Crippen LogP contribution in [0.2, 0.25) is 0 Å². The highest BCUT2D eigenvalue weighted by Crippen LogP contribution is 2.57. The van der Waals surface area contributed by atoms with Crippen molar-refractivity contribution in [2.75, 3.05) is 10.2 Å². The number of nitrogens with one attached hydrogen (secondary N) is 1. The van der Waals surface area contributed by atoms with Crippen molar-refractivity contribution in [1.29, 1.82) is 0 Å². The molecule has 2 nitrogen and oxygen atoms in total. The van der Waals surface area contributed by atoms with E-state index in [1.807, 2.05) is 6.07 Å². The van der Waals surface area contributed by atoms with Crippen molar-refractivity contribution in [1.82, 2.24) is 0 Å². The van der Waals surface area contributed by atoms with Gasteiger partial charge < -0.3 is 10.2 Å². The standard InChI is InChI=1S/C48H39N.C27H23N.C21H17Br/c1-47(2)42-20-12-11-18-39(42)40-28-26-36(30-44(40)47)49(35-24-22-33(23-25-35)32-14-7-5-8-15-32)37-27-29-41-45(31-37)48(3,4)43-21-13-19-38(46(41)43)34-16-9-6-10-17-34;1-27(2)25-11-7-6-10-23(25)24-17-16-22(18-26(24)27)28-21-14-12-20(13-15-21)19-8-4-3-5-9-19;1-21(2)18-10-6-9-16(14-7-4-3-5-8-14)20(18)17-12-11-15(22)13-19(17)21/h5-31H,1-4H3;3-18,28H,1-2H3;3-13H,1-2H3. The van der Waals surface area contributed by atoms with Gasteiger partial charge >= 0.3 is 0 Å². The molecular formula is C96H79BrN2. The number of fused-ring (bicyclic) bond motifs is 12. The van der Waals surface area contributed by atoms with E-state index in [0.29, 0.717) is 0 Å². The number of hydrogen-bond acceptors (Lipinski definition) is 2. The molecule has 1 N–H and O–H groups in total. The molecule has 0 saturated carbocycles. The third kappa shape index (κ3) is 11.1. The SMILES string of the molecule is CC1(C)c2cc(Br)ccc2-c2c(-c3ccccc3)cccc21.CC1(C)c2ccccc2-c2ccc(N(c3ccc(-c4ccccc4)cc3)c3ccc4c(c3)C(C)(C)c3cccc(-c5ccccc5)c3-4)cc21.CC1(C)c2ccccc2-c2ccc(Nc3ccc(-c4ccccc4)cc3)cc21. The first-order valence-electron chi connectivity index (χ1n) is 34.7. The van der Waals surface area contributed by atoms with Crippen molar-refractivity contribution in [3.05, 3.63) is 377 Å². The second-order valence-corrected chi connectivity index (χ2v) is 29.9. The van der Waals surface area contributed by atoms with E-state index in [1.165, 1.54) is 145 Å². The Labute approximate surface area is 593 Å². The number of halogens is 1. The fourth-order valence-corrected chi connectivity index (χ4v) is 16.8. The lowest BCUT2D eigenvalue weighted by atomic mass is 9.81. The molecule has 14 aromatic carbocycles. The summed E-state index contributed by atoms with van der Waals surface area (Å²) in [6.07, 6.45) is 0. The molecule has 0 amide bonds. The van der Waals surface area contributed by atoms with E-state index in [2.05, 4.69) is 403 Å². The van der Waals surface area contributed by atoms with Gasteiger partial charge in [0.05, 0.1) is 0 Å². The molecule has 18 rings (SSSR count). The van der Waals surface area contributed by atoms with Crippen LogP contribution in [0.4, 0.5) is 28.4 Å². The summed E-state index contributed by atoms with van der Waals surface area (Å²) in [5, 5.41) is 3.58. The van der Waals surface area contributed by atoms with Crippen molar-refractivity contribution in [3.8, 4) is 89.0 Å². The first-order chi connectivity index (χ1) is 48.0. The Kier molecular flexibility index (Phi) is 15.8. The maximum Gasteiger partial charge on any atom is 0.0465 e. The van der Waals surface area contributed by atoms with Crippen LogP contribution in [0, 0.1) is 0 Å². The van der Waals surface area contributed by atoms with Crippen LogP contribution in [-0.4, -0.2) is 0 Å². The zero-order valence-electron chi connectivity index (χ0n) is 57.5. The predicted octanol–water partition coefficient (Wildman–Crippen LogP) is 26.9. The van der Waals surface area contributed by atoms with E-state index >= 15 is 0 Å². The molecule has 14 aromatic rings. The van der Waals surface area contributed by atoms with E-state index in [1.54, 1.807) is 0 Å². The van der Waals surface area contributed by atoms with E-state index in [9.17, 15) is 0 Å². The first-order valence-corrected chi connectivity index (χ1v) is 35.5. The van der Waals surface area contributed by atoms with Gasteiger partial charge in [0.15, 0.2) is 0 Å². The number of nitrogens with zero attached hydrogens (tertiary/aromatic N) is 1. The number of rotatable bonds is 9. The molecule has 0 radical (unpaired) electrons. The van der Waals surface area contributed by atoms with Gasteiger partial charge in [0.2, 0.25) is 0 Å². The van der Waals surface area contributed by atoms with Crippen LogP contribution >= 0.6 is 15.9 Å².